The van der Waals surface area contributed by atoms with Gasteiger partial charge < -0.3 is 36.4 Å². The largest absolute Gasteiger partial charge is 0.396 e. The van der Waals surface area contributed by atoms with Crippen molar-refractivity contribution in [1.29, 1.82) is 0 Å². The van der Waals surface area contributed by atoms with Crippen LogP contribution in [0.25, 0.3) is 0 Å². The number of primary amides is 1. The third-order valence-corrected chi connectivity index (χ3v) is 7.14. The number of anilines is 1. The van der Waals surface area contributed by atoms with Gasteiger partial charge in [-0.05, 0) is 74.2 Å². The highest BCUT2D eigenvalue weighted by Gasteiger charge is 2.30. The van der Waals surface area contributed by atoms with E-state index < -0.39 is 30.4 Å². The zero-order valence-electron chi connectivity index (χ0n) is 15.7. The summed E-state index contributed by atoms with van der Waals surface area (Å²) in [6.07, 6.45) is -0.919. The fourth-order valence-corrected chi connectivity index (χ4v) is 6.92. The Morgan fingerprint density at radius 2 is 1.60 bits per heavy atom. The Labute approximate surface area is 214 Å². The van der Waals surface area contributed by atoms with Crippen molar-refractivity contribution in [1.82, 2.24) is 4.90 Å². The van der Waals surface area contributed by atoms with E-state index in [1.54, 1.807) is 0 Å². The molecule has 1 atom stereocenters. The minimum absolute atomic E-state index is 0.0448. The van der Waals surface area contributed by atoms with E-state index in [9.17, 15) is 24.6 Å². The molecule has 0 aliphatic carbocycles. The number of nitrogens with two attached hydrogens (primary N) is 1. The molecule has 0 radical (unpaired) electrons. The second-order valence-corrected chi connectivity index (χ2v) is 9.35. The third-order valence-electron chi connectivity index (χ3n) is 3.90. The fraction of sp³-hybridized carbons (Fsp3) is 0.471. The first kappa shape index (κ1) is 27.7. The van der Waals surface area contributed by atoms with Gasteiger partial charge in [-0.15, -0.1) is 0 Å². The average molecular weight is 761 g/mol. The quantitative estimate of drug-likeness (QED) is 0.174. The van der Waals surface area contributed by atoms with Crippen LogP contribution in [0.5, 0.6) is 0 Å². The molecule has 168 valence electrons. The first-order valence-electron chi connectivity index (χ1n) is 8.70. The molecule has 0 aliphatic heterocycles. The highest BCUT2D eigenvalue weighted by Crippen LogP contribution is 2.36. The van der Waals surface area contributed by atoms with Gasteiger partial charge in [-0.25, -0.2) is 0 Å². The Kier molecular flexibility index (Phi) is 12.2. The van der Waals surface area contributed by atoms with Gasteiger partial charge in [-0.3, -0.25) is 14.4 Å². The van der Waals surface area contributed by atoms with E-state index in [1.165, 1.54) is 0 Å². The van der Waals surface area contributed by atoms with Crippen LogP contribution < -0.4 is 11.1 Å². The number of aliphatic hydroxyl groups is 4. The summed E-state index contributed by atoms with van der Waals surface area (Å²) in [7, 11) is 0. The molecular formula is C17H22I3N3O7. The number of benzene rings is 1. The summed E-state index contributed by atoms with van der Waals surface area (Å²) in [5.74, 6) is -1.79. The molecule has 3 amide bonds. The number of nitrogens with one attached hydrogen (secondary N) is 1. The molecule has 10 nitrogen and oxygen atoms in total. The van der Waals surface area contributed by atoms with Crippen molar-refractivity contribution >= 4 is 91.2 Å². The van der Waals surface area contributed by atoms with Gasteiger partial charge in [-0.2, -0.15) is 0 Å². The van der Waals surface area contributed by atoms with Crippen molar-refractivity contribution < 1.29 is 34.8 Å². The van der Waals surface area contributed by atoms with Gasteiger partial charge in [0, 0.05) is 29.7 Å². The molecule has 0 aliphatic rings. The van der Waals surface area contributed by atoms with Crippen LogP contribution in [0.2, 0.25) is 0 Å². The van der Waals surface area contributed by atoms with Crippen molar-refractivity contribution in [3.63, 3.8) is 0 Å². The van der Waals surface area contributed by atoms with Crippen LogP contribution in [0.3, 0.4) is 0 Å². The minimum Gasteiger partial charge on any atom is -0.396 e. The number of rotatable bonds is 11. The maximum absolute atomic E-state index is 13.2. The van der Waals surface area contributed by atoms with Gasteiger partial charge in [-0.1, -0.05) is 0 Å². The molecule has 13 heteroatoms. The maximum Gasteiger partial charge on any atom is 0.256 e. The molecule has 0 bridgehead atoms. The molecule has 0 saturated heterocycles. The van der Waals surface area contributed by atoms with Crippen molar-refractivity contribution in [2.45, 2.75) is 18.9 Å². The van der Waals surface area contributed by atoms with Crippen molar-refractivity contribution in [3.05, 3.63) is 21.8 Å². The van der Waals surface area contributed by atoms with E-state index in [4.69, 9.17) is 15.9 Å². The van der Waals surface area contributed by atoms with E-state index in [-0.39, 0.29) is 59.5 Å². The predicted octanol–water partition coefficient (Wildman–Crippen LogP) is 0.0980. The Hall–Kier alpha value is -0.340. The predicted molar refractivity (Wildman–Crippen MR) is 134 cm³/mol. The van der Waals surface area contributed by atoms with Crippen LogP contribution >= 0.6 is 67.8 Å². The fourth-order valence-electron chi connectivity index (χ4n) is 2.49. The van der Waals surface area contributed by atoms with Crippen LogP contribution in [0.4, 0.5) is 5.69 Å². The molecule has 0 saturated carbocycles. The lowest BCUT2D eigenvalue weighted by atomic mass is 10.1. The molecule has 0 fully saturated rings. The Balaban J connectivity index is 3.57. The number of nitrogens with zero attached hydrogens (tertiary/aromatic N) is 1. The number of halogens is 3. The molecule has 0 spiro atoms. The van der Waals surface area contributed by atoms with Gasteiger partial charge in [0.15, 0.2) is 0 Å². The number of hydrogen-bond donors (Lipinski definition) is 6. The van der Waals surface area contributed by atoms with Gasteiger partial charge in [0.1, 0.15) is 0 Å². The molecule has 0 heterocycles. The molecule has 1 aromatic carbocycles. The summed E-state index contributed by atoms with van der Waals surface area (Å²) in [4.78, 5) is 38.7. The second kappa shape index (κ2) is 13.3. The molecule has 7 N–H and O–H groups in total. The smallest absolute Gasteiger partial charge is 0.256 e. The normalized spacial score (nSPS) is 11.8. The van der Waals surface area contributed by atoms with Gasteiger partial charge in [0.25, 0.3) is 11.8 Å². The SMILES string of the molecule is NC(=O)c1c(I)c(NC(=O)CCCO)c(I)c(C(=O)N(CCO)CC(O)CO)c1I. The lowest BCUT2D eigenvalue weighted by Crippen LogP contribution is -2.41. The average Bonchev–Trinajstić information content (AvgIpc) is 2.68. The zero-order chi connectivity index (χ0) is 23.0. The summed E-state index contributed by atoms with van der Waals surface area (Å²) in [6.45, 7) is -1.46. The van der Waals surface area contributed by atoms with E-state index in [0.29, 0.717) is 7.14 Å². The van der Waals surface area contributed by atoms with Crippen LogP contribution in [0.15, 0.2) is 0 Å². The summed E-state index contributed by atoms with van der Waals surface area (Å²) in [5, 5.41) is 39.7. The Morgan fingerprint density at radius 1 is 1.00 bits per heavy atom. The standard InChI is InChI=1S/C17H22I3N3O7/c18-12-10(16(21)29)13(19)15(22-9(28)2-1-4-24)14(20)11(12)17(30)23(3-5-25)6-8(27)7-26/h8,24-27H,1-7H2,(H2,21,29)(H,22,28). The molecule has 1 rings (SSSR count). The number of hydrogen-bond acceptors (Lipinski definition) is 7. The van der Waals surface area contributed by atoms with E-state index in [2.05, 4.69) is 5.32 Å². The first-order chi connectivity index (χ1) is 14.1. The van der Waals surface area contributed by atoms with Crippen molar-refractivity contribution in [2.24, 2.45) is 5.73 Å². The van der Waals surface area contributed by atoms with Crippen LogP contribution in [0, 0.1) is 10.7 Å². The number of amides is 3. The zero-order valence-corrected chi connectivity index (χ0v) is 22.2. The number of aliphatic hydroxyl groups excluding tert-OH is 4. The topological polar surface area (TPSA) is 173 Å². The summed E-state index contributed by atoms with van der Waals surface area (Å²) >= 11 is 5.56. The van der Waals surface area contributed by atoms with Crippen molar-refractivity contribution in [2.75, 3.05) is 38.2 Å². The highest BCUT2D eigenvalue weighted by atomic mass is 127. The van der Waals surface area contributed by atoms with E-state index in [0.717, 1.165) is 4.90 Å². The summed E-state index contributed by atoms with van der Waals surface area (Å²) in [5.41, 5.74) is 5.90. The van der Waals surface area contributed by atoms with Crippen LogP contribution in [-0.2, 0) is 4.79 Å². The monoisotopic (exact) mass is 761 g/mol. The summed E-state index contributed by atoms with van der Waals surface area (Å²) < 4.78 is 0.996. The Bertz CT molecular complexity index is 808. The molecule has 0 aromatic heterocycles. The van der Waals surface area contributed by atoms with Crippen molar-refractivity contribution in [3.8, 4) is 0 Å². The highest BCUT2D eigenvalue weighted by molar-refractivity contribution is 14.1. The molecule has 1 aromatic rings. The number of carbonyl (C=O) groups is 3. The van der Waals surface area contributed by atoms with Crippen LogP contribution in [-0.4, -0.2) is 82.1 Å². The first-order valence-corrected chi connectivity index (χ1v) is 11.9. The lowest BCUT2D eigenvalue weighted by Gasteiger charge is -2.26. The van der Waals surface area contributed by atoms with Gasteiger partial charge >= 0.3 is 0 Å². The summed E-state index contributed by atoms with van der Waals surface area (Å²) in [6, 6.07) is 0. The Morgan fingerprint density at radius 3 is 2.10 bits per heavy atom. The molecule has 1 unspecified atom stereocenters. The van der Waals surface area contributed by atoms with Gasteiger partial charge in [0.2, 0.25) is 5.91 Å². The second-order valence-electron chi connectivity index (χ2n) is 6.12. The minimum atomic E-state index is -1.21. The molecular weight excluding hydrogens is 739 g/mol. The third kappa shape index (κ3) is 7.09. The van der Waals surface area contributed by atoms with Gasteiger partial charge in [0.05, 0.1) is 43.3 Å². The van der Waals surface area contributed by atoms with E-state index in [1.807, 2.05) is 67.8 Å². The lowest BCUT2D eigenvalue weighted by molar-refractivity contribution is -0.116. The number of carbonyl (C=O) groups excluding carboxylic acids is 3. The van der Waals surface area contributed by atoms with Crippen LogP contribution in [0.1, 0.15) is 33.6 Å². The van der Waals surface area contributed by atoms with E-state index >= 15 is 0 Å². The maximum atomic E-state index is 13.2. The molecule has 30 heavy (non-hydrogen) atoms.